The Hall–Kier alpha value is -1.88. The van der Waals surface area contributed by atoms with Crippen molar-refractivity contribution < 1.29 is 9.53 Å². The van der Waals surface area contributed by atoms with Gasteiger partial charge in [0.25, 0.3) is 0 Å². The van der Waals surface area contributed by atoms with E-state index in [4.69, 9.17) is 4.74 Å². The molecule has 0 aliphatic carbocycles. The number of aromatic nitrogens is 1. The van der Waals surface area contributed by atoms with E-state index in [9.17, 15) is 4.79 Å². The molecule has 1 amide bonds. The van der Waals surface area contributed by atoms with E-state index in [2.05, 4.69) is 31.8 Å². The fourth-order valence-corrected chi connectivity index (χ4v) is 4.25. The third-order valence-electron chi connectivity index (χ3n) is 4.56. The van der Waals surface area contributed by atoms with E-state index in [1.165, 1.54) is 16.9 Å². The summed E-state index contributed by atoms with van der Waals surface area (Å²) in [5.41, 5.74) is 4.59. The Morgan fingerprint density at radius 3 is 2.92 bits per heavy atom. The average molecular weight is 344 g/mol. The Morgan fingerprint density at radius 1 is 1.46 bits per heavy atom. The molecule has 2 heterocycles. The largest absolute Gasteiger partial charge is 0.494 e. The molecule has 2 aromatic rings. The molecule has 0 bridgehead atoms. The van der Waals surface area contributed by atoms with Crippen molar-refractivity contribution in [3.63, 3.8) is 0 Å². The molecule has 0 saturated heterocycles. The van der Waals surface area contributed by atoms with Gasteiger partial charge in [-0.05, 0) is 56.9 Å². The number of fused-ring (bicyclic) bond motifs is 1. The van der Waals surface area contributed by atoms with Crippen LogP contribution in [0.15, 0.2) is 29.1 Å². The number of nitrogens with zero attached hydrogens (tertiary/aromatic N) is 2. The van der Waals surface area contributed by atoms with Gasteiger partial charge in [0.05, 0.1) is 24.2 Å². The van der Waals surface area contributed by atoms with Crippen LogP contribution in [0.25, 0.3) is 0 Å². The van der Waals surface area contributed by atoms with Gasteiger partial charge in [-0.3, -0.25) is 4.79 Å². The molecular weight excluding hydrogens is 320 g/mol. The molecule has 0 saturated carbocycles. The molecule has 1 aliphatic heterocycles. The van der Waals surface area contributed by atoms with E-state index >= 15 is 0 Å². The smallest absolute Gasteiger partial charge is 0.233 e. The highest BCUT2D eigenvalue weighted by molar-refractivity contribution is 7.07. The van der Waals surface area contributed by atoms with Crippen LogP contribution in [-0.4, -0.2) is 23.0 Å². The van der Waals surface area contributed by atoms with Gasteiger partial charge in [0, 0.05) is 16.6 Å². The zero-order chi connectivity index (χ0) is 17.3. The Balaban J connectivity index is 1.98. The fraction of sp³-hybridized carbons (Fsp3) is 0.474. The van der Waals surface area contributed by atoms with Crippen LogP contribution in [0.2, 0.25) is 0 Å². The first kappa shape index (κ1) is 17.0. The summed E-state index contributed by atoms with van der Waals surface area (Å²) in [6.07, 6.45) is 1.27. The summed E-state index contributed by atoms with van der Waals surface area (Å²) < 4.78 is 5.64. The van der Waals surface area contributed by atoms with Crippen molar-refractivity contribution in [2.75, 3.05) is 11.5 Å². The average Bonchev–Trinajstić information content (AvgIpc) is 3.00. The van der Waals surface area contributed by atoms with Crippen molar-refractivity contribution in [2.24, 2.45) is 0 Å². The molecule has 1 aliphatic rings. The minimum Gasteiger partial charge on any atom is -0.494 e. The van der Waals surface area contributed by atoms with Crippen LogP contribution in [-0.2, 0) is 11.2 Å². The summed E-state index contributed by atoms with van der Waals surface area (Å²) in [5, 5.41) is 1.94. The van der Waals surface area contributed by atoms with E-state index in [0.717, 1.165) is 23.6 Å². The van der Waals surface area contributed by atoms with Gasteiger partial charge in [0.1, 0.15) is 5.75 Å². The number of benzene rings is 1. The van der Waals surface area contributed by atoms with Gasteiger partial charge in [-0.15, -0.1) is 11.3 Å². The Bertz CT molecular complexity index is 725. The van der Waals surface area contributed by atoms with Crippen LogP contribution >= 0.6 is 11.3 Å². The van der Waals surface area contributed by atoms with Crippen molar-refractivity contribution >= 4 is 22.9 Å². The second kappa shape index (κ2) is 6.55. The lowest BCUT2D eigenvalue weighted by Gasteiger charge is -2.46. The summed E-state index contributed by atoms with van der Waals surface area (Å²) in [6, 6.07) is 6.07. The normalized spacial score (nSPS) is 19.0. The number of ether oxygens (including phenoxy) is 1. The number of hydrogen-bond acceptors (Lipinski definition) is 4. The summed E-state index contributed by atoms with van der Waals surface area (Å²) in [7, 11) is 0. The number of carbonyl (C=O) groups is 1. The summed E-state index contributed by atoms with van der Waals surface area (Å²) in [5.74, 6) is 1.36. The van der Waals surface area contributed by atoms with Gasteiger partial charge < -0.3 is 9.64 Å². The summed E-state index contributed by atoms with van der Waals surface area (Å²) >= 11 is 1.52. The van der Waals surface area contributed by atoms with Crippen LogP contribution in [0, 0.1) is 0 Å². The van der Waals surface area contributed by atoms with Gasteiger partial charge in [-0.2, -0.15) is 0 Å². The third kappa shape index (κ3) is 3.18. The first-order valence-corrected chi connectivity index (χ1v) is 9.33. The van der Waals surface area contributed by atoms with Crippen LogP contribution in [0.1, 0.15) is 51.3 Å². The first-order valence-electron chi connectivity index (χ1n) is 8.39. The number of rotatable bonds is 4. The highest BCUT2D eigenvalue weighted by Gasteiger charge is 2.40. The molecule has 1 aromatic carbocycles. The molecule has 0 spiro atoms. The van der Waals surface area contributed by atoms with E-state index in [0.29, 0.717) is 18.9 Å². The second-order valence-corrected chi connectivity index (χ2v) is 7.68. The van der Waals surface area contributed by atoms with Gasteiger partial charge in [-0.1, -0.05) is 6.92 Å². The summed E-state index contributed by atoms with van der Waals surface area (Å²) in [6.45, 7) is 9.13. The number of hydrogen-bond donors (Lipinski definition) is 0. The molecule has 1 atom stereocenters. The van der Waals surface area contributed by atoms with Crippen molar-refractivity contribution in [2.45, 2.75) is 52.0 Å². The highest BCUT2D eigenvalue weighted by atomic mass is 32.1. The van der Waals surface area contributed by atoms with Gasteiger partial charge in [0.15, 0.2) is 0 Å². The van der Waals surface area contributed by atoms with Crippen molar-refractivity contribution in [1.82, 2.24) is 4.98 Å². The van der Waals surface area contributed by atoms with E-state index in [1.54, 1.807) is 5.51 Å². The zero-order valence-corrected chi connectivity index (χ0v) is 15.5. The van der Waals surface area contributed by atoms with Gasteiger partial charge >= 0.3 is 0 Å². The lowest BCUT2D eigenvalue weighted by molar-refractivity contribution is -0.119. The maximum atomic E-state index is 13.0. The van der Waals surface area contributed by atoms with Gasteiger partial charge in [-0.25, -0.2) is 4.98 Å². The molecule has 0 N–H and O–H groups in total. The third-order valence-corrected chi connectivity index (χ3v) is 5.19. The maximum absolute atomic E-state index is 13.0. The predicted molar refractivity (Wildman–Crippen MR) is 98.0 cm³/mol. The molecule has 128 valence electrons. The topological polar surface area (TPSA) is 42.4 Å². The van der Waals surface area contributed by atoms with E-state index in [-0.39, 0.29) is 11.4 Å². The second-order valence-electron chi connectivity index (χ2n) is 6.96. The summed E-state index contributed by atoms with van der Waals surface area (Å²) in [4.78, 5) is 19.2. The fourth-order valence-electron chi connectivity index (χ4n) is 3.69. The van der Waals surface area contributed by atoms with Crippen molar-refractivity contribution in [3.05, 3.63) is 40.3 Å². The number of anilines is 1. The molecule has 1 aromatic heterocycles. The van der Waals surface area contributed by atoms with E-state index < -0.39 is 0 Å². The highest BCUT2D eigenvalue weighted by Crippen LogP contribution is 2.44. The number of amides is 1. The predicted octanol–water partition coefficient (Wildman–Crippen LogP) is 4.40. The first-order chi connectivity index (χ1) is 11.4. The quantitative estimate of drug-likeness (QED) is 0.825. The van der Waals surface area contributed by atoms with Gasteiger partial charge in [0.2, 0.25) is 5.91 Å². The maximum Gasteiger partial charge on any atom is 0.233 e. The van der Waals surface area contributed by atoms with Crippen molar-refractivity contribution in [3.8, 4) is 5.75 Å². The SMILES string of the molecule is CCOc1ccc2c(c1)C(C)CC(C)(C)N2C(=O)Cc1cscn1. The molecule has 5 heteroatoms. The minimum absolute atomic E-state index is 0.100. The Kier molecular flexibility index (Phi) is 4.63. The zero-order valence-electron chi connectivity index (χ0n) is 14.7. The Morgan fingerprint density at radius 2 is 2.25 bits per heavy atom. The molecule has 24 heavy (non-hydrogen) atoms. The molecule has 0 radical (unpaired) electrons. The number of thiazole rings is 1. The molecule has 3 rings (SSSR count). The van der Waals surface area contributed by atoms with Crippen LogP contribution in [0.5, 0.6) is 5.75 Å². The lowest BCUT2D eigenvalue weighted by atomic mass is 9.79. The molecule has 1 unspecified atom stereocenters. The molecular formula is C19H24N2O2S. The van der Waals surface area contributed by atoms with Crippen LogP contribution in [0.4, 0.5) is 5.69 Å². The molecule has 0 fully saturated rings. The lowest BCUT2D eigenvalue weighted by Crippen LogP contribution is -2.52. The Labute approximate surface area is 147 Å². The standard InChI is InChI=1S/C19H24N2O2S/c1-5-23-15-6-7-17-16(9-15)13(2)10-19(3,4)21(17)18(22)8-14-11-24-12-20-14/h6-7,9,11-13H,5,8,10H2,1-4H3. The number of carbonyl (C=O) groups excluding carboxylic acids is 1. The van der Waals surface area contributed by atoms with Crippen LogP contribution < -0.4 is 9.64 Å². The van der Waals surface area contributed by atoms with Crippen molar-refractivity contribution in [1.29, 1.82) is 0 Å². The van der Waals surface area contributed by atoms with E-state index in [1.807, 2.05) is 29.3 Å². The monoisotopic (exact) mass is 344 g/mol. The van der Waals surface area contributed by atoms with Crippen LogP contribution in [0.3, 0.4) is 0 Å². The molecule has 4 nitrogen and oxygen atoms in total. The minimum atomic E-state index is -0.216.